The second-order valence-corrected chi connectivity index (χ2v) is 3.37. The Labute approximate surface area is 79.5 Å². The van der Waals surface area contributed by atoms with Crippen molar-refractivity contribution >= 4 is 0 Å². The van der Waals surface area contributed by atoms with Crippen LogP contribution in [0.25, 0.3) is 0 Å². The number of ether oxygens (including phenoxy) is 1. The summed E-state index contributed by atoms with van der Waals surface area (Å²) in [5, 5.41) is 0. The van der Waals surface area contributed by atoms with E-state index in [0.29, 0.717) is 12.1 Å². The van der Waals surface area contributed by atoms with Crippen LogP contribution in [-0.2, 0) is 0 Å². The minimum absolute atomic E-state index is 0.121. The highest BCUT2D eigenvalue weighted by Crippen LogP contribution is 2.29. The second-order valence-electron chi connectivity index (χ2n) is 3.37. The van der Waals surface area contributed by atoms with Crippen LogP contribution in [0.2, 0.25) is 0 Å². The summed E-state index contributed by atoms with van der Waals surface area (Å²) in [6, 6.07) is 1.24. The standard InChI is InChI=1S/C10H9F3O/c11-6-4-8(12)10(9(13)5-6)14-7-2-1-3-7/h4-5,7H,1-3H2. The molecule has 1 saturated carbocycles. The molecule has 1 aliphatic carbocycles. The van der Waals surface area contributed by atoms with Crippen LogP contribution in [0.3, 0.4) is 0 Å². The number of benzene rings is 1. The van der Waals surface area contributed by atoms with Gasteiger partial charge < -0.3 is 4.74 Å². The molecule has 1 aliphatic rings. The molecule has 2 rings (SSSR count). The Morgan fingerprint density at radius 2 is 1.64 bits per heavy atom. The van der Waals surface area contributed by atoms with Crippen LogP contribution < -0.4 is 4.74 Å². The third-order valence-corrected chi connectivity index (χ3v) is 2.30. The van der Waals surface area contributed by atoms with Crippen LogP contribution in [0.5, 0.6) is 5.75 Å². The molecule has 0 N–H and O–H groups in total. The number of hydrogen-bond acceptors (Lipinski definition) is 1. The highest BCUT2D eigenvalue weighted by molar-refractivity contribution is 5.27. The van der Waals surface area contributed by atoms with E-state index >= 15 is 0 Å². The lowest BCUT2D eigenvalue weighted by atomic mass is 9.96. The van der Waals surface area contributed by atoms with Gasteiger partial charge in [-0.15, -0.1) is 0 Å². The predicted octanol–water partition coefficient (Wildman–Crippen LogP) is 3.04. The van der Waals surface area contributed by atoms with Gasteiger partial charge in [0.1, 0.15) is 5.82 Å². The molecule has 4 heteroatoms. The average Bonchev–Trinajstić information content (AvgIpc) is 1.98. The second kappa shape index (κ2) is 3.52. The molecule has 0 bridgehead atoms. The summed E-state index contributed by atoms with van der Waals surface area (Å²) in [5.41, 5.74) is 0. The van der Waals surface area contributed by atoms with Crippen molar-refractivity contribution in [3.8, 4) is 5.75 Å². The Bertz CT molecular complexity index is 324. The summed E-state index contributed by atoms with van der Waals surface area (Å²) in [6.07, 6.45) is 2.49. The van der Waals surface area contributed by atoms with Crippen molar-refractivity contribution in [2.75, 3.05) is 0 Å². The van der Waals surface area contributed by atoms with Gasteiger partial charge in [-0.05, 0) is 19.3 Å². The van der Waals surface area contributed by atoms with Crippen molar-refractivity contribution in [2.24, 2.45) is 0 Å². The average molecular weight is 202 g/mol. The monoisotopic (exact) mass is 202 g/mol. The quantitative estimate of drug-likeness (QED) is 0.716. The van der Waals surface area contributed by atoms with E-state index in [-0.39, 0.29) is 6.10 Å². The molecule has 76 valence electrons. The Kier molecular flexibility index (Phi) is 2.35. The summed E-state index contributed by atoms with van der Waals surface area (Å²) in [4.78, 5) is 0. The van der Waals surface area contributed by atoms with Gasteiger partial charge in [-0.3, -0.25) is 0 Å². The minimum atomic E-state index is -0.977. The summed E-state index contributed by atoms with van der Waals surface area (Å²) >= 11 is 0. The van der Waals surface area contributed by atoms with Crippen molar-refractivity contribution in [1.29, 1.82) is 0 Å². The molecule has 0 aliphatic heterocycles. The topological polar surface area (TPSA) is 9.23 Å². The van der Waals surface area contributed by atoms with E-state index in [9.17, 15) is 13.2 Å². The van der Waals surface area contributed by atoms with E-state index in [2.05, 4.69) is 0 Å². The first-order chi connectivity index (χ1) is 6.66. The molecule has 1 nitrogen and oxygen atoms in total. The zero-order valence-electron chi connectivity index (χ0n) is 7.40. The fraction of sp³-hybridized carbons (Fsp3) is 0.400. The molecule has 0 amide bonds. The fourth-order valence-electron chi connectivity index (χ4n) is 1.30. The first-order valence-corrected chi connectivity index (χ1v) is 4.48. The molecular weight excluding hydrogens is 193 g/mol. The lowest BCUT2D eigenvalue weighted by molar-refractivity contribution is 0.109. The Morgan fingerprint density at radius 3 is 2.07 bits per heavy atom. The molecule has 0 spiro atoms. The zero-order valence-corrected chi connectivity index (χ0v) is 7.40. The SMILES string of the molecule is Fc1cc(F)c(OC2CCC2)c(F)c1. The van der Waals surface area contributed by atoms with Gasteiger partial charge in [-0.25, -0.2) is 13.2 Å². The van der Waals surface area contributed by atoms with Crippen molar-refractivity contribution < 1.29 is 17.9 Å². The predicted molar refractivity (Wildman–Crippen MR) is 44.6 cm³/mol. The van der Waals surface area contributed by atoms with Crippen molar-refractivity contribution in [2.45, 2.75) is 25.4 Å². The Hall–Kier alpha value is -1.19. The zero-order chi connectivity index (χ0) is 10.1. The third kappa shape index (κ3) is 1.69. The fourth-order valence-corrected chi connectivity index (χ4v) is 1.30. The summed E-state index contributed by atoms with van der Waals surface area (Å²) in [6.45, 7) is 0. The highest BCUT2D eigenvalue weighted by Gasteiger charge is 2.23. The molecule has 0 aromatic heterocycles. The van der Waals surface area contributed by atoms with Gasteiger partial charge in [-0.2, -0.15) is 0 Å². The van der Waals surface area contributed by atoms with Crippen molar-refractivity contribution in [3.63, 3.8) is 0 Å². The van der Waals surface area contributed by atoms with E-state index in [1.165, 1.54) is 0 Å². The molecule has 1 fully saturated rings. The molecule has 0 unspecified atom stereocenters. The number of rotatable bonds is 2. The number of hydrogen-bond donors (Lipinski definition) is 0. The largest absolute Gasteiger partial charge is 0.484 e. The number of halogens is 3. The van der Waals surface area contributed by atoms with E-state index in [4.69, 9.17) is 4.74 Å². The van der Waals surface area contributed by atoms with Crippen LogP contribution in [0.4, 0.5) is 13.2 Å². The molecule has 0 saturated heterocycles. The lowest BCUT2D eigenvalue weighted by Gasteiger charge is -2.26. The molecule has 0 radical (unpaired) electrons. The van der Waals surface area contributed by atoms with Crippen molar-refractivity contribution in [1.82, 2.24) is 0 Å². The first-order valence-electron chi connectivity index (χ1n) is 4.48. The molecule has 1 aromatic rings. The Morgan fingerprint density at radius 1 is 1.07 bits per heavy atom. The highest BCUT2D eigenvalue weighted by atomic mass is 19.1. The Balaban J connectivity index is 2.22. The smallest absolute Gasteiger partial charge is 0.191 e. The van der Waals surface area contributed by atoms with Gasteiger partial charge in [0, 0.05) is 12.1 Å². The van der Waals surface area contributed by atoms with E-state index < -0.39 is 23.2 Å². The van der Waals surface area contributed by atoms with Crippen LogP contribution in [-0.4, -0.2) is 6.10 Å². The molecular formula is C10H9F3O. The van der Waals surface area contributed by atoms with Gasteiger partial charge in [0.2, 0.25) is 0 Å². The van der Waals surface area contributed by atoms with Gasteiger partial charge in [0.25, 0.3) is 0 Å². The van der Waals surface area contributed by atoms with E-state index in [1.807, 2.05) is 0 Å². The first kappa shape index (κ1) is 9.37. The van der Waals surface area contributed by atoms with Crippen LogP contribution in [0, 0.1) is 17.5 Å². The van der Waals surface area contributed by atoms with Crippen LogP contribution in [0.1, 0.15) is 19.3 Å². The van der Waals surface area contributed by atoms with Gasteiger partial charge in [0.15, 0.2) is 17.4 Å². The van der Waals surface area contributed by atoms with E-state index in [1.54, 1.807) is 0 Å². The third-order valence-electron chi connectivity index (χ3n) is 2.30. The van der Waals surface area contributed by atoms with E-state index in [0.717, 1.165) is 19.3 Å². The van der Waals surface area contributed by atoms with Gasteiger partial charge >= 0.3 is 0 Å². The maximum absolute atomic E-state index is 13.0. The molecule has 0 heterocycles. The maximum Gasteiger partial charge on any atom is 0.191 e. The minimum Gasteiger partial charge on any atom is -0.484 e. The maximum atomic E-state index is 13.0. The summed E-state index contributed by atoms with van der Waals surface area (Å²) < 4.78 is 43.6. The normalized spacial score (nSPS) is 16.5. The molecule has 0 atom stereocenters. The van der Waals surface area contributed by atoms with Crippen molar-refractivity contribution in [3.05, 3.63) is 29.6 Å². The molecule has 1 aromatic carbocycles. The summed E-state index contributed by atoms with van der Waals surface area (Å²) in [5.74, 6) is -3.35. The van der Waals surface area contributed by atoms with Gasteiger partial charge in [0.05, 0.1) is 6.10 Å². The summed E-state index contributed by atoms with van der Waals surface area (Å²) in [7, 11) is 0. The lowest BCUT2D eigenvalue weighted by Crippen LogP contribution is -2.25. The van der Waals surface area contributed by atoms with Gasteiger partial charge in [-0.1, -0.05) is 0 Å². The molecule has 14 heavy (non-hydrogen) atoms. The van der Waals surface area contributed by atoms with Crippen LogP contribution in [0.15, 0.2) is 12.1 Å². The van der Waals surface area contributed by atoms with Crippen LogP contribution >= 0.6 is 0 Å².